The third kappa shape index (κ3) is 5.41. The van der Waals surface area contributed by atoms with Gasteiger partial charge >= 0.3 is 0 Å². The number of nitrogens with one attached hydrogen (secondary N) is 3. The largest absolute Gasteiger partial charge is 0.350 e. The molecule has 1 atom stereocenters. The minimum atomic E-state index is -3.67. The maximum Gasteiger partial charge on any atom is 0.238 e. The van der Waals surface area contributed by atoms with Gasteiger partial charge in [-0.15, -0.1) is 0 Å². The average Bonchev–Trinajstić information content (AvgIpc) is 3.38. The van der Waals surface area contributed by atoms with Gasteiger partial charge in [0.1, 0.15) is 11.8 Å². The molecule has 2 aromatic carbocycles. The fraction of sp³-hybridized carbons (Fsp3) is 0.286. The van der Waals surface area contributed by atoms with E-state index < -0.39 is 10.0 Å². The Morgan fingerprint density at radius 3 is 2.77 bits per heavy atom. The van der Waals surface area contributed by atoms with Crippen molar-refractivity contribution in [1.29, 1.82) is 0 Å². The maximum atomic E-state index is 12.9. The lowest BCUT2D eigenvalue weighted by Crippen LogP contribution is -2.38. The summed E-state index contributed by atoms with van der Waals surface area (Å²) in [5.41, 5.74) is 5.05. The highest BCUT2D eigenvalue weighted by Gasteiger charge is 2.18. The molecule has 6 rings (SSSR count). The van der Waals surface area contributed by atoms with Gasteiger partial charge in [0.2, 0.25) is 16.0 Å². The van der Waals surface area contributed by atoms with E-state index in [2.05, 4.69) is 43.4 Å². The Labute approximate surface area is 227 Å². The monoisotopic (exact) mass is 542 g/mol. The van der Waals surface area contributed by atoms with Gasteiger partial charge in [-0.25, -0.2) is 27.9 Å². The van der Waals surface area contributed by atoms with E-state index in [0.29, 0.717) is 23.1 Å². The quantitative estimate of drug-likeness (QED) is 0.269. The molecule has 10 nitrogen and oxygen atoms in total. The van der Waals surface area contributed by atoms with Crippen molar-refractivity contribution in [1.82, 2.24) is 29.9 Å². The van der Waals surface area contributed by atoms with Crippen LogP contribution in [0.1, 0.15) is 30.9 Å². The molecule has 1 aliphatic rings. The number of hydrogen-bond donors (Lipinski definition) is 3. The molecule has 11 heteroatoms. The number of nitrogens with zero attached hydrogens (tertiary/aromatic N) is 5. The first kappa shape index (κ1) is 25.2. The summed E-state index contributed by atoms with van der Waals surface area (Å²) in [4.78, 5) is 13.7. The van der Waals surface area contributed by atoms with E-state index >= 15 is 0 Å². The van der Waals surface area contributed by atoms with Gasteiger partial charge in [0.15, 0.2) is 5.82 Å². The van der Waals surface area contributed by atoms with Crippen molar-refractivity contribution in [2.45, 2.75) is 38.0 Å². The predicted molar refractivity (Wildman–Crippen MR) is 153 cm³/mol. The van der Waals surface area contributed by atoms with Crippen molar-refractivity contribution in [3.05, 3.63) is 78.2 Å². The second-order valence-electron chi connectivity index (χ2n) is 9.78. The van der Waals surface area contributed by atoms with Crippen LogP contribution in [0.25, 0.3) is 27.7 Å². The van der Waals surface area contributed by atoms with Crippen LogP contribution in [0.2, 0.25) is 0 Å². The number of benzene rings is 2. The van der Waals surface area contributed by atoms with Crippen molar-refractivity contribution in [2.24, 2.45) is 0 Å². The number of rotatable bonds is 8. The van der Waals surface area contributed by atoms with Crippen LogP contribution in [0.15, 0.2) is 67.1 Å². The molecule has 1 saturated heterocycles. The zero-order valence-electron chi connectivity index (χ0n) is 21.6. The molecule has 0 saturated carbocycles. The lowest BCUT2D eigenvalue weighted by atomic mass is 10.0. The van der Waals surface area contributed by atoms with Crippen molar-refractivity contribution in [3.63, 3.8) is 0 Å². The molecular formula is C28H30N8O2S. The summed E-state index contributed by atoms with van der Waals surface area (Å²) < 4.78 is 30.1. The van der Waals surface area contributed by atoms with Gasteiger partial charge in [0, 0.05) is 29.7 Å². The smallest absolute Gasteiger partial charge is 0.238 e. The fourth-order valence-electron chi connectivity index (χ4n) is 5.07. The van der Waals surface area contributed by atoms with Gasteiger partial charge in [0.25, 0.3) is 0 Å². The molecule has 5 aromatic rings. The van der Waals surface area contributed by atoms with E-state index in [1.165, 1.54) is 6.33 Å². The average molecular weight is 543 g/mol. The van der Waals surface area contributed by atoms with Gasteiger partial charge < -0.3 is 10.6 Å². The lowest BCUT2D eigenvalue weighted by molar-refractivity contribution is 0.478. The minimum Gasteiger partial charge on any atom is -0.350 e. The second-order valence-corrected chi connectivity index (χ2v) is 11.5. The summed E-state index contributed by atoms with van der Waals surface area (Å²) in [6.07, 6.45) is 6.26. The van der Waals surface area contributed by atoms with Gasteiger partial charge in [-0.05, 0) is 61.2 Å². The van der Waals surface area contributed by atoms with E-state index in [-0.39, 0.29) is 11.6 Å². The van der Waals surface area contributed by atoms with Crippen LogP contribution in [0.5, 0.6) is 0 Å². The molecule has 1 aliphatic heterocycles. The van der Waals surface area contributed by atoms with Crippen LogP contribution in [-0.4, -0.2) is 52.1 Å². The number of sulfonamides is 1. The molecule has 0 amide bonds. The second kappa shape index (κ2) is 10.6. The summed E-state index contributed by atoms with van der Waals surface area (Å²) in [5, 5.41) is 12.2. The number of anilines is 2. The molecule has 3 aromatic heterocycles. The van der Waals surface area contributed by atoms with Crippen LogP contribution < -0.4 is 15.4 Å². The van der Waals surface area contributed by atoms with Crippen molar-refractivity contribution in [2.75, 3.05) is 23.1 Å². The van der Waals surface area contributed by atoms with E-state index in [1.807, 2.05) is 42.6 Å². The first-order valence-corrected chi connectivity index (χ1v) is 14.8. The van der Waals surface area contributed by atoms with E-state index in [0.717, 1.165) is 60.1 Å². The molecule has 0 spiro atoms. The Balaban J connectivity index is 1.32. The summed E-state index contributed by atoms with van der Waals surface area (Å²) in [7, 11) is -3.67. The molecule has 0 radical (unpaired) electrons. The normalized spacial score (nSPS) is 16.0. The number of hydrogen-bond acceptors (Lipinski definition) is 8. The number of aryl methyl sites for hydroxylation is 1. The Morgan fingerprint density at radius 2 is 1.97 bits per heavy atom. The zero-order chi connectivity index (χ0) is 26.8. The van der Waals surface area contributed by atoms with Crippen molar-refractivity contribution >= 4 is 38.2 Å². The number of piperidine rings is 1. The van der Waals surface area contributed by atoms with Crippen LogP contribution in [0.3, 0.4) is 0 Å². The standard InChI is InChI=1S/C28H30N8O2S/c1-2-20-13-21(14-22-15-30-28(34-26(20)22)33-23-9-6-12-29-16-23)24-10-11-25-27(31-18-32-36(24)25)35-39(37,38)17-19-7-4-3-5-8-19/h3-5,7-8,10-11,13-15,18,23,29H,2,6,9,12,16-17H2,1H3,(H,30,33,34)(H,31,32,35). The van der Waals surface area contributed by atoms with E-state index in [4.69, 9.17) is 4.98 Å². The van der Waals surface area contributed by atoms with Gasteiger partial charge in [0.05, 0.1) is 17.0 Å². The molecule has 1 fully saturated rings. The van der Waals surface area contributed by atoms with Crippen LogP contribution in [0, 0.1) is 0 Å². The van der Waals surface area contributed by atoms with Gasteiger partial charge in [-0.3, -0.25) is 4.72 Å². The van der Waals surface area contributed by atoms with Gasteiger partial charge in [-0.2, -0.15) is 5.10 Å². The fourth-order valence-corrected chi connectivity index (χ4v) is 6.23. The summed E-state index contributed by atoms with van der Waals surface area (Å²) in [6, 6.07) is 17.3. The predicted octanol–water partition coefficient (Wildman–Crippen LogP) is 4.01. The SMILES string of the molecule is CCc1cc(-c2ccc3c(NS(=O)(=O)Cc4ccccc4)ncnn23)cc2cnc(NC3CCCNC3)nc12. The summed E-state index contributed by atoms with van der Waals surface area (Å²) >= 11 is 0. The molecular weight excluding hydrogens is 512 g/mol. The van der Waals surface area contributed by atoms with Crippen molar-refractivity contribution in [3.8, 4) is 11.3 Å². The lowest BCUT2D eigenvalue weighted by Gasteiger charge is -2.23. The zero-order valence-corrected chi connectivity index (χ0v) is 22.4. The van der Waals surface area contributed by atoms with Crippen LogP contribution in [-0.2, 0) is 22.2 Å². The Kier molecular flexibility index (Phi) is 6.84. The number of fused-ring (bicyclic) bond motifs is 2. The number of aromatic nitrogens is 5. The van der Waals surface area contributed by atoms with E-state index in [1.54, 1.807) is 16.6 Å². The minimum absolute atomic E-state index is 0.143. The molecule has 200 valence electrons. The first-order valence-electron chi connectivity index (χ1n) is 13.1. The summed E-state index contributed by atoms with van der Waals surface area (Å²) in [6.45, 7) is 4.07. The maximum absolute atomic E-state index is 12.9. The Hall–Kier alpha value is -4.09. The molecule has 3 N–H and O–H groups in total. The first-order chi connectivity index (χ1) is 19.0. The van der Waals surface area contributed by atoms with Crippen LogP contribution >= 0.6 is 0 Å². The Morgan fingerprint density at radius 1 is 1.10 bits per heavy atom. The Bertz CT molecular complexity index is 1730. The van der Waals surface area contributed by atoms with Crippen LogP contribution in [0.4, 0.5) is 11.8 Å². The highest BCUT2D eigenvalue weighted by molar-refractivity contribution is 7.91. The molecule has 1 unspecified atom stereocenters. The third-order valence-corrected chi connectivity index (χ3v) is 8.19. The highest BCUT2D eigenvalue weighted by Crippen LogP contribution is 2.30. The van der Waals surface area contributed by atoms with E-state index in [9.17, 15) is 8.42 Å². The van der Waals surface area contributed by atoms with Gasteiger partial charge in [-0.1, -0.05) is 37.3 Å². The molecule has 4 heterocycles. The van der Waals surface area contributed by atoms with Crippen molar-refractivity contribution < 1.29 is 8.42 Å². The molecule has 0 bridgehead atoms. The topological polar surface area (TPSA) is 126 Å². The summed E-state index contributed by atoms with van der Waals surface area (Å²) in [5.74, 6) is 0.739. The molecule has 39 heavy (non-hydrogen) atoms. The molecule has 0 aliphatic carbocycles. The third-order valence-electron chi connectivity index (χ3n) is 6.97. The highest BCUT2D eigenvalue weighted by atomic mass is 32.2.